The highest BCUT2D eigenvalue weighted by molar-refractivity contribution is 5.89. The van der Waals surface area contributed by atoms with E-state index >= 15 is 0 Å². The van der Waals surface area contributed by atoms with Crippen molar-refractivity contribution in [1.82, 2.24) is 15.2 Å². The second-order valence-electron chi connectivity index (χ2n) is 6.34. The molecule has 2 aromatic rings. The van der Waals surface area contributed by atoms with Crippen LogP contribution in [0.1, 0.15) is 17.7 Å². The van der Waals surface area contributed by atoms with Crippen LogP contribution in [0, 0.1) is 5.92 Å². The average Bonchev–Trinajstić information content (AvgIpc) is 3.02. The molecule has 3 rings (SSSR count). The van der Waals surface area contributed by atoms with Crippen molar-refractivity contribution in [3.63, 3.8) is 0 Å². The maximum absolute atomic E-state index is 12.3. The third kappa shape index (κ3) is 4.89. The van der Waals surface area contributed by atoms with Crippen LogP contribution in [-0.4, -0.2) is 41.3 Å². The topological polar surface area (TPSA) is 62.3 Å². The van der Waals surface area contributed by atoms with Gasteiger partial charge in [0.05, 0.1) is 5.92 Å². The van der Waals surface area contributed by atoms with Crippen LogP contribution >= 0.6 is 0 Å². The summed E-state index contributed by atoms with van der Waals surface area (Å²) in [6.07, 6.45) is 3.58. The highest BCUT2D eigenvalue weighted by Crippen LogP contribution is 2.18. The summed E-state index contributed by atoms with van der Waals surface area (Å²) in [7, 11) is 0. The van der Waals surface area contributed by atoms with Gasteiger partial charge in [-0.25, -0.2) is 0 Å². The molecule has 2 heterocycles. The monoisotopic (exact) mass is 337 g/mol. The zero-order chi connectivity index (χ0) is 17.5. The molecule has 2 amide bonds. The fourth-order valence-electron chi connectivity index (χ4n) is 3.08. The Kier molecular flexibility index (Phi) is 5.77. The fraction of sp³-hybridized carbons (Fsp3) is 0.350. The first kappa shape index (κ1) is 17.1. The number of pyridine rings is 1. The molecule has 1 N–H and O–H groups in total. The van der Waals surface area contributed by atoms with Gasteiger partial charge in [0.2, 0.25) is 11.8 Å². The van der Waals surface area contributed by atoms with Gasteiger partial charge in [-0.3, -0.25) is 14.6 Å². The zero-order valence-corrected chi connectivity index (χ0v) is 14.2. The number of amides is 2. The maximum Gasteiger partial charge on any atom is 0.225 e. The van der Waals surface area contributed by atoms with E-state index in [1.165, 1.54) is 5.56 Å². The van der Waals surface area contributed by atoms with Crippen LogP contribution in [0.3, 0.4) is 0 Å². The molecule has 0 spiro atoms. The van der Waals surface area contributed by atoms with Crippen LogP contribution in [0.5, 0.6) is 0 Å². The van der Waals surface area contributed by atoms with E-state index in [9.17, 15) is 9.59 Å². The molecule has 0 radical (unpaired) electrons. The lowest BCUT2D eigenvalue weighted by Crippen LogP contribution is -2.34. The molecule has 0 saturated carbocycles. The molecule has 1 aliphatic rings. The summed E-state index contributed by atoms with van der Waals surface area (Å²) in [6, 6.07) is 15.8. The van der Waals surface area contributed by atoms with E-state index in [-0.39, 0.29) is 17.7 Å². The lowest BCUT2D eigenvalue weighted by molar-refractivity contribution is -0.129. The van der Waals surface area contributed by atoms with Crippen molar-refractivity contribution in [3.05, 3.63) is 66.0 Å². The van der Waals surface area contributed by atoms with Crippen LogP contribution in [0.2, 0.25) is 0 Å². The van der Waals surface area contributed by atoms with Crippen molar-refractivity contribution in [1.29, 1.82) is 0 Å². The van der Waals surface area contributed by atoms with Crippen molar-refractivity contribution in [2.75, 3.05) is 19.6 Å². The van der Waals surface area contributed by atoms with Crippen LogP contribution in [0.15, 0.2) is 54.7 Å². The highest BCUT2D eigenvalue weighted by Gasteiger charge is 2.33. The molecule has 1 aliphatic heterocycles. The number of carbonyl (C=O) groups excluding carboxylic acids is 2. The summed E-state index contributed by atoms with van der Waals surface area (Å²) in [5.41, 5.74) is 2.16. The summed E-state index contributed by atoms with van der Waals surface area (Å²) in [5, 5.41) is 2.93. The standard InChI is InChI=1S/C20H23N3O2/c24-19-14-17(15-23(19)13-10-16-6-2-1-3-7-16)20(25)22-12-9-18-8-4-5-11-21-18/h1-8,11,17H,9-10,12-15H2,(H,22,25). The van der Waals surface area contributed by atoms with E-state index in [0.717, 1.165) is 12.1 Å². The molecule has 5 heteroatoms. The molecule has 1 aromatic heterocycles. The summed E-state index contributed by atoms with van der Waals surface area (Å²) in [4.78, 5) is 30.5. The van der Waals surface area contributed by atoms with Gasteiger partial charge in [0.1, 0.15) is 0 Å². The molecule has 1 fully saturated rings. The van der Waals surface area contributed by atoms with Gasteiger partial charge in [-0.1, -0.05) is 36.4 Å². The molecule has 0 bridgehead atoms. The Morgan fingerprint density at radius 1 is 1.12 bits per heavy atom. The molecule has 1 atom stereocenters. The molecule has 1 aromatic carbocycles. The van der Waals surface area contributed by atoms with Crippen LogP contribution in [-0.2, 0) is 22.4 Å². The highest BCUT2D eigenvalue weighted by atomic mass is 16.2. The Hall–Kier alpha value is -2.69. The lowest BCUT2D eigenvalue weighted by atomic mass is 10.1. The van der Waals surface area contributed by atoms with Gasteiger partial charge < -0.3 is 10.2 Å². The number of hydrogen-bond donors (Lipinski definition) is 1. The smallest absolute Gasteiger partial charge is 0.225 e. The fourth-order valence-corrected chi connectivity index (χ4v) is 3.08. The number of carbonyl (C=O) groups is 2. The summed E-state index contributed by atoms with van der Waals surface area (Å²) < 4.78 is 0. The molecular formula is C20H23N3O2. The first-order chi connectivity index (χ1) is 12.2. The summed E-state index contributed by atoms with van der Waals surface area (Å²) in [6.45, 7) is 1.73. The Morgan fingerprint density at radius 3 is 2.68 bits per heavy atom. The number of rotatable bonds is 7. The molecular weight excluding hydrogens is 314 g/mol. The van der Waals surface area contributed by atoms with E-state index in [4.69, 9.17) is 0 Å². The molecule has 5 nitrogen and oxygen atoms in total. The first-order valence-electron chi connectivity index (χ1n) is 8.71. The normalized spacial score (nSPS) is 16.9. The van der Waals surface area contributed by atoms with Gasteiger partial charge in [-0.2, -0.15) is 0 Å². The van der Waals surface area contributed by atoms with Crippen molar-refractivity contribution >= 4 is 11.8 Å². The quantitative estimate of drug-likeness (QED) is 0.838. The van der Waals surface area contributed by atoms with Crippen LogP contribution < -0.4 is 5.32 Å². The van der Waals surface area contributed by atoms with E-state index in [1.54, 1.807) is 11.1 Å². The lowest BCUT2D eigenvalue weighted by Gasteiger charge is -2.16. The number of nitrogens with zero attached hydrogens (tertiary/aromatic N) is 2. The summed E-state index contributed by atoms with van der Waals surface area (Å²) >= 11 is 0. The first-order valence-corrected chi connectivity index (χ1v) is 8.71. The minimum absolute atomic E-state index is 0.0357. The van der Waals surface area contributed by atoms with Gasteiger partial charge in [-0.15, -0.1) is 0 Å². The van der Waals surface area contributed by atoms with Gasteiger partial charge in [0.15, 0.2) is 0 Å². The van der Waals surface area contributed by atoms with E-state index in [0.29, 0.717) is 32.5 Å². The third-order valence-electron chi connectivity index (χ3n) is 4.51. The van der Waals surface area contributed by atoms with Gasteiger partial charge in [0.25, 0.3) is 0 Å². The number of aromatic nitrogens is 1. The number of benzene rings is 1. The zero-order valence-electron chi connectivity index (χ0n) is 14.2. The maximum atomic E-state index is 12.3. The van der Waals surface area contributed by atoms with Gasteiger partial charge in [0, 0.05) is 44.4 Å². The van der Waals surface area contributed by atoms with Gasteiger partial charge >= 0.3 is 0 Å². The third-order valence-corrected chi connectivity index (χ3v) is 4.51. The minimum Gasteiger partial charge on any atom is -0.355 e. The second-order valence-corrected chi connectivity index (χ2v) is 6.34. The molecule has 1 saturated heterocycles. The molecule has 130 valence electrons. The minimum atomic E-state index is -0.244. The number of nitrogens with one attached hydrogen (secondary N) is 1. The predicted molar refractivity (Wildman–Crippen MR) is 95.8 cm³/mol. The number of likely N-dealkylation sites (tertiary alicyclic amines) is 1. The van der Waals surface area contributed by atoms with Crippen molar-refractivity contribution in [2.24, 2.45) is 5.92 Å². The van der Waals surface area contributed by atoms with Crippen LogP contribution in [0.25, 0.3) is 0 Å². The Labute approximate surface area is 148 Å². The SMILES string of the molecule is O=C(NCCc1ccccn1)C1CC(=O)N(CCc2ccccc2)C1. The Bertz CT molecular complexity index is 703. The average molecular weight is 337 g/mol. The second kappa shape index (κ2) is 8.42. The van der Waals surface area contributed by atoms with Crippen molar-refractivity contribution in [3.8, 4) is 0 Å². The van der Waals surface area contributed by atoms with E-state index in [2.05, 4.69) is 22.4 Å². The molecule has 25 heavy (non-hydrogen) atoms. The van der Waals surface area contributed by atoms with Gasteiger partial charge in [-0.05, 0) is 24.1 Å². The molecule has 0 aliphatic carbocycles. The summed E-state index contributed by atoms with van der Waals surface area (Å²) in [5.74, 6) is -0.209. The van der Waals surface area contributed by atoms with E-state index < -0.39 is 0 Å². The largest absolute Gasteiger partial charge is 0.355 e. The molecule has 1 unspecified atom stereocenters. The Balaban J connectivity index is 1.42. The van der Waals surface area contributed by atoms with E-state index in [1.807, 2.05) is 36.4 Å². The Morgan fingerprint density at radius 2 is 1.92 bits per heavy atom. The van der Waals surface area contributed by atoms with Crippen molar-refractivity contribution < 1.29 is 9.59 Å². The number of hydrogen-bond acceptors (Lipinski definition) is 3. The van der Waals surface area contributed by atoms with Crippen LogP contribution in [0.4, 0.5) is 0 Å². The van der Waals surface area contributed by atoms with Crippen molar-refractivity contribution in [2.45, 2.75) is 19.3 Å². The predicted octanol–water partition coefficient (Wildman–Crippen LogP) is 1.83.